The van der Waals surface area contributed by atoms with Crippen LogP contribution in [-0.4, -0.2) is 68.8 Å². The first-order valence-corrected chi connectivity index (χ1v) is 10.5. The van der Waals surface area contributed by atoms with Gasteiger partial charge < -0.3 is 15.1 Å². The summed E-state index contributed by atoms with van der Waals surface area (Å²) in [6.07, 6.45) is 7.00. The molecule has 4 aromatic rings. The number of anilines is 2. The Morgan fingerprint density at radius 3 is 2.53 bits per heavy atom. The summed E-state index contributed by atoms with van der Waals surface area (Å²) in [6, 6.07) is 9.74. The zero-order chi connectivity index (χ0) is 22.1. The molecule has 3 aromatic heterocycles. The number of nitrogens with one attached hydrogen (secondary N) is 1. The van der Waals surface area contributed by atoms with E-state index >= 15 is 0 Å². The molecule has 1 aliphatic heterocycles. The maximum absolute atomic E-state index is 12.8. The summed E-state index contributed by atoms with van der Waals surface area (Å²) in [5.74, 6) is 0.939. The number of benzene rings is 1. The van der Waals surface area contributed by atoms with E-state index in [-0.39, 0.29) is 5.91 Å². The van der Waals surface area contributed by atoms with Crippen molar-refractivity contribution in [1.82, 2.24) is 29.6 Å². The first-order valence-electron chi connectivity index (χ1n) is 10.5. The lowest BCUT2D eigenvalue weighted by Gasteiger charge is -2.33. The van der Waals surface area contributed by atoms with Crippen molar-refractivity contribution in [2.24, 2.45) is 7.05 Å². The minimum absolute atomic E-state index is 0.307. The molecule has 0 aliphatic carbocycles. The van der Waals surface area contributed by atoms with E-state index in [1.165, 1.54) is 6.33 Å². The van der Waals surface area contributed by atoms with Crippen LogP contribution in [0.5, 0.6) is 0 Å². The first kappa shape index (κ1) is 20.1. The number of hydrogen-bond donors (Lipinski definition) is 1. The number of nitrogens with zero attached hydrogens (tertiary/aromatic N) is 7. The maximum Gasteiger partial charge on any atom is 0.275 e. The Morgan fingerprint density at radius 2 is 1.75 bits per heavy atom. The van der Waals surface area contributed by atoms with E-state index in [1.54, 1.807) is 16.9 Å². The molecule has 1 aromatic carbocycles. The van der Waals surface area contributed by atoms with E-state index in [0.717, 1.165) is 53.9 Å². The van der Waals surface area contributed by atoms with Crippen LogP contribution in [0.25, 0.3) is 21.9 Å². The fourth-order valence-corrected chi connectivity index (χ4v) is 3.82. The van der Waals surface area contributed by atoms with Gasteiger partial charge >= 0.3 is 0 Å². The molecule has 9 heteroatoms. The number of amides is 1. The van der Waals surface area contributed by atoms with Crippen LogP contribution in [0.2, 0.25) is 0 Å². The highest BCUT2D eigenvalue weighted by atomic mass is 16.1. The number of hydrogen-bond acceptors (Lipinski definition) is 7. The lowest BCUT2D eigenvalue weighted by atomic mass is 10.1. The number of piperazine rings is 1. The van der Waals surface area contributed by atoms with Crippen molar-refractivity contribution in [3.05, 3.63) is 60.9 Å². The molecule has 5 rings (SSSR count). The van der Waals surface area contributed by atoms with Crippen LogP contribution in [0, 0.1) is 0 Å². The normalized spacial score (nSPS) is 14.6. The molecule has 162 valence electrons. The van der Waals surface area contributed by atoms with E-state index in [2.05, 4.69) is 48.3 Å². The van der Waals surface area contributed by atoms with Crippen molar-refractivity contribution in [3.8, 4) is 11.1 Å². The van der Waals surface area contributed by atoms with Crippen LogP contribution in [0.4, 0.5) is 11.6 Å². The first-order chi connectivity index (χ1) is 15.5. The molecule has 1 aliphatic rings. The molecule has 9 nitrogen and oxygen atoms in total. The van der Waals surface area contributed by atoms with Crippen molar-refractivity contribution >= 4 is 28.3 Å². The minimum atomic E-state index is -0.307. The van der Waals surface area contributed by atoms with Gasteiger partial charge in [-0.05, 0) is 30.1 Å². The standard InChI is InChI=1S/C23H24N8O/c1-29-5-7-31(8-6-29)22-11-20(25-15-26-22)23(32)28-21-10-18-9-16(3-4-17(18)12-24-21)19-13-27-30(2)14-19/h3-4,9-15H,5-8H2,1-2H3,(H,24,28,32). The summed E-state index contributed by atoms with van der Waals surface area (Å²) >= 11 is 0. The Hall–Kier alpha value is -3.85. The monoisotopic (exact) mass is 428 g/mol. The highest BCUT2D eigenvalue weighted by molar-refractivity contribution is 6.03. The number of aryl methyl sites for hydroxylation is 1. The average Bonchev–Trinajstić information content (AvgIpc) is 3.25. The number of carbonyl (C=O) groups excluding carboxylic acids is 1. The predicted octanol–water partition coefficient (Wildman–Crippen LogP) is 2.43. The molecule has 1 saturated heterocycles. The van der Waals surface area contributed by atoms with Crippen LogP contribution in [0.15, 0.2) is 55.2 Å². The Balaban J connectivity index is 1.36. The third-order valence-electron chi connectivity index (χ3n) is 5.71. The van der Waals surface area contributed by atoms with Crippen molar-refractivity contribution in [3.63, 3.8) is 0 Å². The summed E-state index contributed by atoms with van der Waals surface area (Å²) in [7, 11) is 4.00. The quantitative estimate of drug-likeness (QED) is 0.534. The van der Waals surface area contributed by atoms with Gasteiger partial charge in [0.2, 0.25) is 0 Å². The number of fused-ring (bicyclic) bond motifs is 1. The largest absolute Gasteiger partial charge is 0.354 e. The Bertz CT molecular complexity index is 1280. The molecule has 0 atom stereocenters. The minimum Gasteiger partial charge on any atom is -0.354 e. The number of aromatic nitrogens is 5. The predicted molar refractivity (Wildman–Crippen MR) is 124 cm³/mol. The fraction of sp³-hybridized carbons (Fsp3) is 0.261. The van der Waals surface area contributed by atoms with Crippen molar-refractivity contribution in [1.29, 1.82) is 0 Å². The van der Waals surface area contributed by atoms with Crippen molar-refractivity contribution in [2.45, 2.75) is 0 Å². The highest BCUT2D eigenvalue weighted by Gasteiger charge is 2.18. The fourth-order valence-electron chi connectivity index (χ4n) is 3.82. The summed E-state index contributed by atoms with van der Waals surface area (Å²) in [5.41, 5.74) is 2.41. The van der Waals surface area contributed by atoms with E-state index in [4.69, 9.17) is 0 Å². The molecule has 4 heterocycles. The average molecular weight is 429 g/mol. The number of likely N-dealkylation sites (N-methyl/N-ethyl adjacent to an activating group) is 1. The molecule has 0 spiro atoms. The van der Waals surface area contributed by atoms with Gasteiger partial charge in [-0.1, -0.05) is 12.1 Å². The van der Waals surface area contributed by atoms with E-state index in [1.807, 2.05) is 37.6 Å². The molecular formula is C23H24N8O. The molecule has 1 N–H and O–H groups in total. The smallest absolute Gasteiger partial charge is 0.275 e. The number of pyridine rings is 1. The second kappa shape index (κ2) is 8.35. The van der Waals surface area contributed by atoms with Gasteiger partial charge in [-0.25, -0.2) is 15.0 Å². The molecule has 0 radical (unpaired) electrons. The Kier molecular flexibility index (Phi) is 5.24. The van der Waals surface area contributed by atoms with Gasteiger partial charge in [0.25, 0.3) is 5.91 Å². The van der Waals surface area contributed by atoms with Crippen LogP contribution < -0.4 is 10.2 Å². The molecule has 0 bridgehead atoms. The third kappa shape index (κ3) is 4.15. The molecular weight excluding hydrogens is 404 g/mol. The van der Waals surface area contributed by atoms with Crippen molar-refractivity contribution < 1.29 is 4.79 Å². The highest BCUT2D eigenvalue weighted by Crippen LogP contribution is 2.25. The summed E-state index contributed by atoms with van der Waals surface area (Å²) in [6.45, 7) is 3.68. The lowest BCUT2D eigenvalue weighted by Crippen LogP contribution is -2.44. The summed E-state index contributed by atoms with van der Waals surface area (Å²) < 4.78 is 1.77. The molecule has 32 heavy (non-hydrogen) atoms. The van der Waals surface area contributed by atoms with Gasteiger partial charge in [-0.2, -0.15) is 5.10 Å². The van der Waals surface area contributed by atoms with E-state index in [0.29, 0.717) is 11.5 Å². The number of carbonyl (C=O) groups is 1. The summed E-state index contributed by atoms with van der Waals surface area (Å²) in [5, 5.41) is 9.08. The Morgan fingerprint density at radius 1 is 0.906 bits per heavy atom. The van der Waals surface area contributed by atoms with Gasteiger partial charge in [-0.15, -0.1) is 0 Å². The van der Waals surface area contributed by atoms with Gasteiger partial charge in [0.15, 0.2) is 0 Å². The second-order valence-corrected chi connectivity index (χ2v) is 8.04. The second-order valence-electron chi connectivity index (χ2n) is 8.04. The molecule has 1 amide bonds. The van der Waals surface area contributed by atoms with Crippen LogP contribution in [0.3, 0.4) is 0 Å². The van der Waals surface area contributed by atoms with Crippen LogP contribution in [-0.2, 0) is 7.05 Å². The van der Waals surface area contributed by atoms with Crippen LogP contribution >= 0.6 is 0 Å². The Labute approximate surface area is 185 Å². The zero-order valence-electron chi connectivity index (χ0n) is 18.1. The van der Waals surface area contributed by atoms with Gasteiger partial charge in [0.1, 0.15) is 23.7 Å². The van der Waals surface area contributed by atoms with Crippen LogP contribution in [0.1, 0.15) is 10.5 Å². The van der Waals surface area contributed by atoms with Crippen molar-refractivity contribution in [2.75, 3.05) is 43.4 Å². The molecule has 0 saturated carbocycles. The SMILES string of the molecule is CN1CCN(c2cc(C(=O)Nc3cc4cc(-c5cnn(C)c5)ccc4cn3)ncn2)CC1. The van der Waals surface area contributed by atoms with E-state index < -0.39 is 0 Å². The molecule has 0 unspecified atom stereocenters. The zero-order valence-corrected chi connectivity index (χ0v) is 18.1. The lowest BCUT2D eigenvalue weighted by molar-refractivity contribution is 0.102. The van der Waals surface area contributed by atoms with Gasteiger partial charge in [-0.3, -0.25) is 9.48 Å². The summed E-state index contributed by atoms with van der Waals surface area (Å²) in [4.78, 5) is 30.2. The molecule has 1 fully saturated rings. The topological polar surface area (TPSA) is 92.1 Å². The maximum atomic E-state index is 12.8. The number of rotatable bonds is 4. The van der Waals surface area contributed by atoms with Gasteiger partial charge in [0.05, 0.1) is 6.20 Å². The van der Waals surface area contributed by atoms with E-state index in [9.17, 15) is 4.79 Å². The third-order valence-corrected chi connectivity index (χ3v) is 5.71. The van der Waals surface area contributed by atoms with Gasteiger partial charge in [0, 0.05) is 62.6 Å².